The lowest BCUT2D eigenvalue weighted by Gasteiger charge is -2.37. The van der Waals surface area contributed by atoms with Gasteiger partial charge < -0.3 is 9.30 Å². The number of rotatable bonds is 2. The minimum absolute atomic E-state index is 0.223. The first-order valence-electron chi connectivity index (χ1n) is 6.92. The van der Waals surface area contributed by atoms with Gasteiger partial charge in [-0.2, -0.15) is 0 Å². The van der Waals surface area contributed by atoms with Gasteiger partial charge in [0.05, 0.1) is 23.0 Å². The minimum Gasteiger partial charge on any atom is -0.379 e. The maximum Gasteiger partial charge on any atom is 0.151 e. The normalized spacial score (nSPS) is 25.0. The van der Waals surface area contributed by atoms with Crippen LogP contribution in [0, 0.1) is 5.82 Å². The molecule has 20 heavy (non-hydrogen) atoms. The Morgan fingerprint density at radius 1 is 1.50 bits per heavy atom. The second-order valence-electron chi connectivity index (χ2n) is 5.68. The number of benzene rings is 1. The second kappa shape index (κ2) is 5.01. The third-order valence-corrected chi connectivity index (χ3v) is 4.17. The molecule has 1 fully saturated rings. The second-order valence-corrected chi connectivity index (χ2v) is 6.34. The highest BCUT2D eigenvalue weighted by Crippen LogP contribution is 2.36. The van der Waals surface area contributed by atoms with Crippen LogP contribution in [0.4, 0.5) is 4.39 Å². The van der Waals surface area contributed by atoms with Crippen molar-refractivity contribution in [3.05, 3.63) is 29.8 Å². The van der Waals surface area contributed by atoms with Crippen molar-refractivity contribution in [3.63, 3.8) is 0 Å². The molecule has 1 aromatic heterocycles. The zero-order valence-electron chi connectivity index (χ0n) is 11.7. The predicted octanol–water partition coefficient (Wildman–Crippen LogP) is 4.00. The van der Waals surface area contributed by atoms with Crippen molar-refractivity contribution in [2.24, 2.45) is 0 Å². The van der Waals surface area contributed by atoms with Gasteiger partial charge >= 0.3 is 0 Å². The first-order chi connectivity index (χ1) is 9.53. The lowest BCUT2D eigenvalue weighted by molar-refractivity contribution is 0.0101. The number of nitrogens with zero attached hydrogens (tertiary/aromatic N) is 2. The molecule has 5 heteroatoms. The van der Waals surface area contributed by atoms with Gasteiger partial charge in [-0.05, 0) is 38.8 Å². The first kappa shape index (κ1) is 13.8. The third-order valence-electron chi connectivity index (χ3n) is 3.97. The summed E-state index contributed by atoms with van der Waals surface area (Å²) in [5.41, 5.74) is 0.960. The molecule has 1 saturated heterocycles. The number of halogens is 2. The Balaban J connectivity index is 2.26. The van der Waals surface area contributed by atoms with Crippen molar-refractivity contribution in [3.8, 4) is 0 Å². The molecule has 1 aliphatic rings. The van der Waals surface area contributed by atoms with Gasteiger partial charge in [0.15, 0.2) is 5.82 Å². The Kier molecular flexibility index (Phi) is 3.46. The van der Waals surface area contributed by atoms with E-state index >= 15 is 0 Å². The van der Waals surface area contributed by atoms with E-state index in [1.165, 1.54) is 6.07 Å². The van der Waals surface area contributed by atoms with Crippen LogP contribution in [-0.4, -0.2) is 22.8 Å². The van der Waals surface area contributed by atoms with Crippen LogP contribution in [0.5, 0.6) is 0 Å². The van der Waals surface area contributed by atoms with E-state index in [0.717, 1.165) is 25.0 Å². The summed E-state index contributed by atoms with van der Waals surface area (Å²) in [6.07, 6.45) is 1.97. The largest absolute Gasteiger partial charge is 0.379 e. The maximum atomic E-state index is 14.0. The van der Waals surface area contributed by atoms with Crippen LogP contribution in [0.15, 0.2) is 18.2 Å². The highest BCUT2D eigenvalue weighted by molar-refractivity contribution is 6.20. The molecule has 3 rings (SSSR count). The molecular formula is C15H18ClFN2O. The molecule has 2 atom stereocenters. The van der Waals surface area contributed by atoms with Crippen LogP contribution in [0.3, 0.4) is 0 Å². The number of ether oxygens (including phenoxy) is 1. The van der Waals surface area contributed by atoms with E-state index in [9.17, 15) is 4.39 Å². The highest BCUT2D eigenvalue weighted by atomic mass is 35.5. The molecule has 2 aromatic rings. The Hall–Kier alpha value is -1.13. The van der Waals surface area contributed by atoms with Crippen LogP contribution in [-0.2, 0) is 10.3 Å². The van der Waals surface area contributed by atoms with Crippen molar-refractivity contribution in [1.29, 1.82) is 0 Å². The van der Waals surface area contributed by atoms with E-state index in [1.807, 2.05) is 13.0 Å². The van der Waals surface area contributed by atoms with Gasteiger partial charge in [0, 0.05) is 6.61 Å². The van der Waals surface area contributed by atoms with Gasteiger partial charge in [0.25, 0.3) is 0 Å². The smallest absolute Gasteiger partial charge is 0.151 e. The van der Waals surface area contributed by atoms with Crippen LogP contribution < -0.4 is 0 Å². The third kappa shape index (κ3) is 2.11. The van der Waals surface area contributed by atoms with Gasteiger partial charge in [0.1, 0.15) is 11.3 Å². The molecule has 2 heterocycles. The Morgan fingerprint density at radius 2 is 2.30 bits per heavy atom. The minimum atomic E-state index is -0.305. The number of imidazole rings is 1. The number of aromatic nitrogens is 2. The van der Waals surface area contributed by atoms with Gasteiger partial charge in [-0.25, -0.2) is 9.37 Å². The average Bonchev–Trinajstić information content (AvgIpc) is 2.81. The molecule has 1 aliphatic heterocycles. The number of hydrogen-bond donors (Lipinski definition) is 0. The summed E-state index contributed by atoms with van der Waals surface area (Å²) in [5.74, 6) is 0.403. The van der Waals surface area contributed by atoms with Crippen molar-refractivity contribution in [2.75, 3.05) is 13.2 Å². The summed E-state index contributed by atoms with van der Waals surface area (Å²) < 4.78 is 21.7. The molecule has 0 N–H and O–H groups in total. The van der Waals surface area contributed by atoms with Crippen LogP contribution >= 0.6 is 11.6 Å². The molecular weight excluding hydrogens is 279 g/mol. The molecule has 0 spiro atoms. The quantitative estimate of drug-likeness (QED) is 0.783. The standard InChI is InChI=1S/C15H18ClFN2O/c1-10(16)14-18-13-11(17)5-3-6-12(13)19(14)15(2)7-4-8-20-9-15/h3,5-6,10H,4,7-9H2,1-2H3. The Bertz CT molecular complexity index is 632. The summed E-state index contributed by atoms with van der Waals surface area (Å²) in [6.45, 7) is 5.37. The van der Waals surface area contributed by atoms with Crippen LogP contribution in [0.1, 0.15) is 37.9 Å². The molecule has 0 saturated carbocycles. The fourth-order valence-electron chi connectivity index (χ4n) is 3.01. The predicted molar refractivity (Wildman–Crippen MR) is 77.7 cm³/mol. The van der Waals surface area contributed by atoms with Crippen LogP contribution in [0.2, 0.25) is 0 Å². The fraction of sp³-hybridized carbons (Fsp3) is 0.533. The van der Waals surface area contributed by atoms with Gasteiger partial charge in [-0.1, -0.05) is 6.07 Å². The summed E-state index contributed by atoms with van der Waals surface area (Å²) in [4.78, 5) is 4.43. The molecule has 108 valence electrons. The average molecular weight is 297 g/mol. The molecule has 1 aromatic carbocycles. The van der Waals surface area contributed by atoms with Crippen molar-refractivity contribution >= 4 is 22.6 Å². The summed E-state index contributed by atoms with van der Waals surface area (Å²) in [6, 6.07) is 5.04. The van der Waals surface area contributed by atoms with E-state index in [-0.39, 0.29) is 16.7 Å². The molecule has 2 unspecified atom stereocenters. The lowest BCUT2D eigenvalue weighted by Crippen LogP contribution is -2.40. The van der Waals surface area contributed by atoms with Crippen LogP contribution in [0.25, 0.3) is 11.0 Å². The summed E-state index contributed by atoms with van der Waals surface area (Å²) in [5, 5.41) is -0.277. The van der Waals surface area contributed by atoms with E-state index in [2.05, 4.69) is 16.5 Å². The molecule has 0 aliphatic carbocycles. The monoisotopic (exact) mass is 296 g/mol. The number of para-hydroxylation sites is 1. The number of alkyl halides is 1. The molecule has 0 amide bonds. The topological polar surface area (TPSA) is 27.1 Å². The van der Waals surface area contributed by atoms with Gasteiger partial charge in [-0.15, -0.1) is 11.6 Å². The molecule has 0 bridgehead atoms. The number of hydrogen-bond acceptors (Lipinski definition) is 2. The first-order valence-corrected chi connectivity index (χ1v) is 7.36. The van der Waals surface area contributed by atoms with E-state index in [0.29, 0.717) is 17.9 Å². The van der Waals surface area contributed by atoms with E-state index in [1.54, 1.807) is 6.07 Å². The van der Waals surface area contributed by atoms with Gasteiger partial charge in [-0.3, -0.25) is 0 Å². The van der Waals surface area contributed by atoms with Crippen molar-refractivity contribution in [1.82, 2.24) is 9.55 Å². The highest BCUT2D eigenvalue weighted by Gasteiger charge is 2.34. The zero-order valence-corrected chi connectivity index (χ0v) is 12.5. The fourth-order valence-corrected chi connectivity index (χ4v) is 3.16. The lowest BCUT2D eigenvalue weighted by atomic mass is 9.94. The SMILES string of the molecule is CC(Cl)c1nc2c(F)cccc2n1C1(C)CCCOC1. The molecule has 3 nitrogen and oxygen atoms in total. The maximum absolute atomic E-state index is 14.0. The van der Waals surface area contributed by atoms with E-state index in [4.69, 9.17) is 16.3 Å². The zero-order chi connectivity index (χ0) is 14.3. The van der Waals surface area contributed by atoms with Crippen molar-refractivity contribution in [2.45, 2.75) is 37.6 Å². The number of fused-ring (bicyclic) bond motifs is 1. The van der Waals surface area contributed by atoms with Gasteiger partial charge in [0.2, 0.25) is 0 Å². The Morgan fingerprint density at radius 3 is 2.95 bits per heavy atom. The van der Waals surface area contributed by atoms with E-state index < -0.39 is 0 Å². The van der Waals surface area contributed by atoms with Crippen molar-refractivity contribution < 1.29 is 9.13 Å². The Labute approximate surface area is 122 Å². The summed E-state index contributed by atoms with van der Waals surface area (Å²) >= 11 is 6.27. The molecule has 0 radical (unpaired) electrons. The summed E-state index contributed by atoms with van der Waals surface area (Å²) in [7, 11) is 0.